The van der Waals surface area contributed by atoms with Crippen molar-refractivity contribution in [3.05, 3.63) is 35.9 Å². The first-order valence-corrected chi connectivity index (χ1v) is 8.51. The molecular weight excluding hydrogens is 294 g/mol. The van der Waals surface area contributed by atoms with Gasteiger partial charge in [0.2, 0.25) is 0 Å². The summed E-state index contributed by atoms with van der Waals surface area (Å²) in [6.45, 7) is 2.15. The lowest BCUT2D eigenvalue weighted by atomic mass is 10.2. The molecule has 1 aromatic rings. The van der Waals surface area contributed by atoms with Gasteiger partial charge in [-0.2, -0.15) is 8.42 Å². The molecule has 116 valence electrons. The van der Waals surface area contributed by atoms with E-state index in [2.05, 4.69) is 0 Å². The van der Waals surface area contributed by atoms with E-state index in [1.54, 1.807) is 6.92 Å². The molecule has 1 aliphatic heterocycles. The molecule has 6 nitrogen and oxygen atoms in total. The van der Waals surface area contributed by atoms with Crippen LogP contribution < -0.4 is 0 Å². The van der Waals surface area contributed by atoms with Crippen molar-refractivity contribution in [1.29, 1.82) is 0 Å². The molecule has 1 aromatic carbocycles. The second-order valence-corrected chi connectivity index (χ2v) is 6.83. The van der Waals surface area contributed by atoms with Gasteiger partial charge in [-0.25, -0.2) is 8.98 Å². The molecule has 21 heavy (non-hydrogen) atoms. The Kier molecular flexibility index (Phi) is 4.53. The van der Waals surface area contributed by atoms with Crippen LogP contribution in [0.2, 0.25) is 0 Å². The zero-order chi connectivity index (χ0) is 15.5. The van der Waals surface area contributed by atoms with Crippen LogP contribution in [0, 0.1) is 0 Å². The van der Waals surface area contributed by atoms with Crippen molar-refractivity contribution < 1.29 is 22.1 Å². The van der Waals surface area contributed by atoms with Crippen LogP contribution in [0.1, 0.15) is 25.3 Å². The maximum absolute atomic E-state index is 12.1. The first kappa shape index (κ1) is 15.8. The van der Waals surface area contributed by atoms with Gasteiger partial charge in [0.25, 0.3) is 10.1 Å². The quantitative estimate of drug-likeness (QED) is 0.796. The summed E-state index contributed by atoms with van der Waals surface area (Å²) < 4.78 is 33.0. The first-order valence-electron chi connectivity index (χ1n) is 6.69. The lowest BCUT2D eigenvalue weighted by Crippen LogP contribution is -2.48. The highest BCUT2D eigenvalue weighted by Gasteiger charge is 2.44. The standard InChI is InChI=1S/C14H19NO5S/c1-14(20-21(2,17)18)9-6-10-15(14)13(16)19-11-12-7-4-3-5-8-12/h3-5,7-8H,6,9-11H2,1-2H3/t14-/m0/s1. The topological polar surface area (TPSA) is 72.9 Å². The van der Waals surface area contributed by atoms with E-state index in [9.17, 15) is 13.2 Å². The highest BCUT2D eigenvalue weighted by atomic mass is 32.2. The molecule has 1 amide bonds. The third-order valence-electron chi connectivity index (χ3n) is 3.35. The molecule has 1 saturated heterocycles. The number of hydrogen-bond acceptors (Lipinski definition) is 5. The fraction of sp³-hybridized carbons (Fsp3) is 0.500. The Morgan fingerprint density at radius 1 is 1.33 bits per heavy atom. The van der Waals surface area contributed by atoms with Gasteiger partial charge in [-0.05, 0) is 25.3 Å². The largest absolute Gasteiger partial charge is 0.444 e. The summed E-state index contributed by atoms with van der Waals surface area (Å²) in [6.07, 6.45) is 1.54. The van der Waals surface area contributed by atoms with Gasteiger partial charge in [0.15, 0.2) is 5.72 Å². The number of ether oxygens (including phenoxy) is 1. The van der Waals surface area contributed by atoms with Gasteiger partial charge >= 0.3 is 6.09 Å². The number of nitrogens with zero attached hydrogens (tertiary/aromatic N) is 1. The molecule has 2 rings (SSSR count). The van der Waals surface area contributed by atoms with E-state index >= 15 is 0 Å². The van der Waals surface area contributed by atoms with Gasteiger partial charge in [-0.3, -0.25) is 4.90 Å². The van der Waals surface area contributed by atoms with Gasteiger partial charge < -0.3 is 4.74 Å². The average Bonchev–Trinajstić information content (AvgIpc) is 2.76. The van der Waals surface area contributed by atoms with Crippen LogP contribution >= 0.6 is 0 Å². The minimum Gasteiger partial charge on any atom is -0.444 e. The summed E-state index contributed by atoms with van der Waals surface area (Å²) in [6, 6.07) is 9.29. The lowest BCUT2D eigenvalue weighted by Gasteiger charge is -2.32. The van der Waals surface area contributed by atoms with Crippen LogP contribution in [-0.2, 0) is 25.6 Å². The van der Waals surface area contributed by atoms with Gasteiger partial charge in [0.1, 0.15) is 6.61 Å². The van der Waals surface area contributed by atoms with Crippen LogP contribution in [0.3, 0.4) is 0 Å². The second-order valence-electron chi connectivity index (χ2n) is 5.26. The van der Waals surface area contributed by atoms with E-state index in [1.165, 1.54) is 4.90 Å². The molecule has 0 spiro atoms. The number of carbonyl (C=O) groups excluding carboxylic acids is 1. The van der Waals surface area contributed by atoms with E-state index < -0.39 is 21.9 Å². The van der Waals surface area contributed by atoms with Gasteiger partial charge in [0, 0.05) is 6.54 Å². The van der Waals surface area contributed by atoms with Crippen molar-refractivity contribution in [2.24, 2.45) is 0 Å². The zero-order valence-corrected chi connectivity index (χ0v) is 12.9. The molecule has 0 saturated carbocycles. The Bertz CT molecular complexity index is 601. The summed E-state index contributed by atoms with van der Waals surface area (Å²) in [5, 5.41) is 0. The number of carbonyl (C=O) groups is 1. The molecule has 1 fully saturated rings. The summed E-state index contributed by atoms with van der Waals surface area (Å²) in [4.78, 5) is 13.5. The molecule has 0 aromatic heterocycles. The second kappa shape index (κ2) is 6.03. The van der Waals surface area contributed by atoms with E-state index in [0.29, 0.717) is 19.4 Å². The Balaban J connectivity index is 2.01. The fourth-order valence-corrected chi connectivity index (χ4v) is 3.26. The Labute approximate surface area is 124 Å². The Morgan fingerprint density at radius 3 is 2.62 bits per heavy atom. The van der Waals surface area contributed by atoms with Crippen molar-refractivity contribution in [2.75, 3.05) is 12.8 Å². The lowest BCUT2D eigenvalue weighted by molar-refractivity contribution is -0.0319. The van der Waals surface area contributed by atoms with Crippen molar-refractivity contribution in [3.63, 3.8) is 0 Å². The predicted molar refractivity (Wildman–Crippen MR) is 76.9 cm³/mol. The molecule has 0 aliphatic carbocycles. The highest BCUT2D eigenvalue weighted by molar-refractivity contribution is 7.86. The molecule has 1 aliphatic rings. The average molecular weight is 313 g/mol. The highest BCUT2D eigenvalue weighted by Crippen LogP contribution is 2.32. The zero-order valence-electron chi connectivity index (χ0n) is 12.1. The molecule has 0 bridgehead atoms. The number of hydrogen-bond donors (Lipinski definition) is 0. The van der Waals surface area contributed by atoms with Crippen LogP contribution in [-0.4, -0.2) is 37.9 Å². The number of likely N-dealkylation sites (tertiary alicyclic amines) is 1. The maximum Gasteiger partial charge on any atom is 0.412 e. The SMILES string of the molecule is C[C@]1(OS(C)(=O)=O)CCCN1C(=O)OCc1ccccc1. The predicted octanol–water partition coefficient (Wildman–Crippen LogP) is 2.11. The first-order chi connectivity index (χ1) is 9.80. The normalized spacial score (nSPS) is 22.3. The van der Waals surface area contributed by atoms with Gasteiger partial charge in [-0.15, -0.1) is 0 Å². The molecule has 0 radical (unpaired) electrons. The third-order valence-corrected chi connectivity index (χ3v) is 4.01. The fourth-order valence-electron chi connectivity index (χ4n) is 2.43. The molecule has 1 heterocycles. The van der Waals surface area contributed by atoms with Gasteiger partial charge in [-0.1, -0.05) is 30.3 Å². The van der Waals surface area contributed by atoms with Crippen LogP contribution in [0.25, 0.3) is 0 Å². The van der Waals surface area contributed by atoms with Crippen molar-refractivity contribution in [2.45, 2.75) is 32.1 Å². The molecule has 0 N–H and O–H groups in total. The number of amides is 1. The van der Waals surface area contributed by atoms with Crippen LogP contribution in [0.5, 0.6) is 0 Å². The summed E-state index contributed by atoms with van der Waals surface area (Å²) in [5.41, 5.74) is -0.294. The van der Waals surface area contributed by atoms with E-state index in [1.807, 2.05) is 30.3 Å². The molecule has 1 atom stereocenters. The van der Waals surface area contributed by atoms with Crippen LogP contribution in [0.4, 0.5) is 4.79 Å². The third kappa shape index (κ3) is 4.18. The van der Waals surface area contributed by atoms with E-state index in [4.69, 9.17) is 8.92 Å². The monoisotopic (exact) mass is 313 g/mol. The Morgan fingerprint density at radius 2 is 2.00 bits per heavy atom. The maximum atomic E-state index is 12.1. The molecule has 0 unspecified atom stereocenters. The minimum absolute atomic E-state index is 0.144. The van der Waals surface area contributed by atoms with Crippen molar-refractivity contribution in [1.82, 2.24) is 4.90 Å². The molecular formula is C14H19NO5S. The van der Waals surface area contributed by atoms with E-state index in [-0.39, 0.29) is 6.61 Å². The van der Waals surface area contributed by atoms with Crippen molar-refractivity contribution >= 4 is 16.2 Å². The Hall–Kier alpha value is -1.60. The van der Waals surface area contributed by atoms with Crippen molar-refractivity contribution in [3.8, 4) is 0 Å². The number of benzene rings is 1. The summed E-state index contributed by atoms with van der Waals surface area (Å²) >= 11 is 0. The minimum atomic E-state index is -3.65. The van der Waals surface area contributed by atoms with E-state index in [0.717, 1.165) is 11.8 Å². The van der Waals surface area contributed by atoms with Gasteiger partial charge in [0.05, 0.1) is 6.26 Å². The van der Waals surface area contributed by atoms with Crippen LogP contribution in [0.15, 0.2) is 30.3 Å². The smallest absolute Gasteiger partial charge is 0.412 e. The summed E-state index contributed by atoms with van der Waals surface area (Å²) in [7, 11) is -3.65. The summed E-state index contributed by atoms with van der Waals surface area (Å²) in [5.74, 6) is 0. The molecule has 7 heteroatoms. The number of rotatable bonds is 4.